The minimum absolute atomic E-state index is 1.12. The van der Waals surface area contributed by atoms with E-state index in [2.05, 4.69) is 82.8 Å². The van der Waals surface area contributed by atoms with Gasteiger partial charge >= 0.3 is 0 Å². The van der Waals surface area contributed by atoms with E-state index in [9.17, 15) is 0 Å². The molecule has 1 aliphatic carbocycles. The van der Waals surface area contributed by atoms with Crippen LogP contribution in [-0.4, -0.2) is 9.97 Å². The lowest BCUT2D eigenvalue weighted by Gasteiger charge is -2.02. The molecule has 0 spiro atoms. The molecule has 2 aromatic heterocycles. The zero-order valence-electron chi connectivity index (χ0n) is 15.3. The Morgan fingerprint density at radius 1 is 0.571 bits per heavy atom. The van der Waals surface area contributed by atoms with E-state index < -0.39 is 0 Å². The highest BCUT2D eigenvalue weighted by Crippen LogP contribution is 2.36. The second-order valence-electron chi connectivity index (χ2n) is 7.85. The van der Waals surface area contributed by atoms with E-state index in [4.69, 9.17) is 0 Å². The zero-order chi connectivity index (χ0) is 18.2. The highest BCUT2D eigenvalue weighted by Gasteiger charge is 2.14. The van der Waals surface area contributed by atoms with Crippen LogP contribution >= 0.6 is 0 Å². The van der Waals surface area contributed by atoms with Crippen molar-refractivity contribution >= 4 is 66.5 Å². The van der Waals surface area contributed by atoms with Gasteiger partial charge in [0, 0.05) is 32.6 Å². The van der Waals surface area contributed by atoms with Crippen LogP contribution < -0.4 is 10.4 Å². The number of hydrogen-bond acceptors (Lipinski definition) is 0. The number of aromatic nitrogens is 2. The number of H-pyrrole nitrogens is 2. The molecule has 2 heterocycles. The molecule has 132 valence electrons. The lowest BCUT2D eigenvalue weighted by atomic mass is 10.0. The Labute approximate surface area is 160 Å². The molecule has 0 unspecified atom stereocenters. The van der Waals surface area contributed by atoms with Crippen LogP contribution in [0.2, 0.25) is 0 Å². The van der Waals surface area contributed by atoms with Crippen LogP contribution in [0.3, 0.4) is 0 Å². The van der Waals surface area contributed by atoms with Gasteiger partial charge in [0.25, 0.3) is 0 Å². The minimum Gasteiger partial charge on any atom is -0.353 e. The van der Waals surface area contributed by atoms with Gasteiger partial charge in [-0.1, -0.05) is 60.7 Å². The van der Waals surface area contributed by atoms with Crippen molar-refractivity contribution in [2.45, 2.75) is 12.8 Å². The van der Waals surface area contributed by atoms with Crippen LogP contribution in [0.15, 0.2) is 60.7 Å². The number of aromatic amines is 2. The molecular weight excluding hydrogens is 340 g/mol. The van der Waals surface area contributed by atoms with Gasteiger partial charge in [-0.05, 0) is 46.2 Å². The summed E-state index contributed by atoms with van der Waals surface area (Å²) in [5, 5.41) is 10.6. The first-order valence-electron chi connectivity index (χ1n) is 9.95. The van der Waals surface area contributed by atoms with Crippen LogP contribution in [0.4, 0.5) is 0 Å². The fourth-order valence-corrected chi connectivity index (χ4v) is 5.11. The normalized spacial score (nSPS) is 14.0. The highest BCUT2D eigenvalue weighted by molar-refractivity contribution is 6.26. The van der Waals surface area contributed by atoms with Crippen LogP contribution in [0.5, 0.6) is 0 Å². The molecule has 28 heavy (non-hydrogen) atoms. The van der Waals surface area contributed by atoms with Crippen molar-refractivity contribution in [2.75, 3.05) is 0 Å². The summed E-state index contributed by atoms with van der Waals surface area (Å²) in [6.45, 7) is 0. The van der Waals surface area contributed by atoms with E-state index in [0.29, 0.717) is 0 Å². The van der Waals surface area contributed by atoms with E-state index in [1.807, 2.05) is 0 Å². The van der Waals surface area contributed by atoms with Gasteiger partial charge in [0.2, 0.25) is 0 Å². The summed E-state index contributed by atoms with van der Waals surface area (Å²) < 4.78 is 0. The molecule has 0 fully saturated rings. The topological polar surface area (TPSA) is 31.6 Å². The third kappa shape index (κ3) is 1.73. The molecule has 7 rings (SSSR count). The summed E-state index contributed by atoms with van der Waals surface area (Å²) in [5.74, 6) is 0. The third-order valence-corrected chi connectivity index (χ3v) is 6.35. The molecule has 0 bridgehead atoms. The van der Waals surface area contributed by atoms with E-state index in [-0.39, 0.29) is 0 Å². The molecule has 0 amide bonds. The number of rotatable bonds is 0. The Kier molecular flexibility index (Phi) is 2.62. The molecular formula is C26H18N2. The van der Waals surface area contributed by atoms with Gasteiger partial charge in [-0.15, -0.1) is 0 Å². The lowest BCUT2D eigenvalue weighted by molar-refractivity contribution is 1.12. The Balaban J connectivity index is 1.73. The molecule has 0 saturated heterocycles. The smallest absolute Gasteiger partial charge is 0.0710 e. The molecule has 2 heteroatoms. The van der Waals surface area contributed by atoms with Crippen molar-refractivity contribution < 1.29 is 0 Å². The van der Waals surface area contributed by atoms with Crippen molar-refractivity contribution in [3.63, 3.8) is 0 Å². The van der Waals surface area contributed by atoms with Crippen LogP contribution in [-0.2, 0) is 0 Å². The van der Waals surface area contributed by atoms with Gasteiger partial charge in [0.15, 0.2) is 0 Å². The van der Waals surface area contributed by atoms with Crippen molar-refractivity contribution in [1.29, 1.82) is 0 Å². The summed E-state index contributed by atoms with van der Waals surface area (Å²) in [6, 6.07) is 22.1. The van der Waals surface area contributed by atoms with Gasteiger partial charge < -0.3 is 9.97 Å². The van der Waals surface area contributed by atoms with Crippen molar-refractivity contribution in [2.24, 2.45) is 0 Å². The summed E-state index contributed by atoms with van der Waals surface area (Å²) in [7, 11) is 0. The largest absolute Gasteiger partial charge is 0.353 e. The summed E-state index contributed by atoms with van der Waals surface area (Å²) >= 11 is 0. The van der Waals surface area contributed by atoms with Crippen molar-refractivity contribution in [1.82, 2.24) is 9.97 Å². The maximum absolute atomic E-state index is 3.71. The molecule has 4 aromatic carbocycles. The molecule has 6 aromatic rings. The van der Waals surface area contributed by atoms with Gasteiger partial charge in [-0.25, -0.2) is 0 Å². The van der Waals surface area contributed by atoms with Gasteiger partial charge in [-0.3, -0.25) is 0 Å². The van der Waals surface area contributed by atoms with E-state index in [0.717, 1.165) is 12.8 Å². The van der Waals surface area contributed by atoms with Gasteiger partial charge in [0.1, 0.15) is 0 Å². The number of fused-ring (bicyclic) bond motifs is 11. The Morgan fingerprint density at radius 2 is 1.29 bits per heavy atom. The van der Waals surface area contributed by atoms with E-state index >= 15 is 0 Å². The Hall–Kier alpha value is -3.52. The monoisotopic (exact) mass is 358 g/mol. The maximum Gasteiger partial charge on any atom is 0.0710 e. The predicted octanol–water partition coefficient (Wildman–Crippen LogP) is 5.46. The number of benzene rings is 4. The second kappa shape index (κ2) is 5.05. The molecule has 1 aliphatic rings. The standard InChI is InChI=1S/C26H18N2/c1-3-7-17-15(5-1)9-13-21-23(17)19-11-12-20-24-18-8-4-2-6-16(18)10-14-22(24)28-26(20)25(19)27-21/h1,3,5-14,27-28H,2,4H2. The van der Waals surface area contributed by atoms with E-state index in [1.165, 1.54) is 64.8 Å². The van der Waals surface area contributed by atoms with Gasteiger partial charge in [0.05, 0.1) is 11.0 Å². The van der Waals surface area contributed by atoms with Crippen LogP contribution in [0.25, 0.3) is 66.5 Å². The second-order valence-corrected chi connectivity index (χ2v) is 7.85. The zero-order valence-corrected chi connectivity index (χ0v) is 15.3. The predicted molar refractivity (Wildman–Crippen MR) is 120 cm³/mol. The Bertz CT molecular complexity index is 1710. The van der Waals surface area contributed by atoms with Gasteiger partial charge in [-0.2, -0.15) is 0 Å². The van der Waals surface area contributed by atoms with Crippen LogP contribution in [0.1, 0.15) is 12.8 Å². The molecule has 2 nitrogen and oxygen atoms in total. The highest BCUT2D eigenvalue weighted by atomic mass is 14.8. The molecule has 0 radical (unpaired) electrons. The lowest BCUT2D eigenvalue weighted by Crippen LogP contribution is -2.26. The molecule has 0 aliphatic heterocycles. The average molecular weight is 358 g/mol. The van der Waals surface area contributed by atoms with Crippen molar-refractivity contribution in [3.8, 4) is 0 Å². The molecule has 0 atom stereocenters. The number of nitrogens with one attached hydrogen (secondary N) is 2. The summed E-state index contributed by atoms with van der Waals surface area (Å²) in [6.07, 6.45) is 7.02. The first-order valence-corrected chi connectivity index (χ1v) is 9.95. The first-order chi connectivity index (χ1) is 13.9. The quantitative estimate of drug-likeness (QED) is 0.361. The third-order valence-electron chi connectivity index (χ3n) is 6.35. The van der Waals surface area contributed by atoms with Crippen molar-refractivity contribution in [3.05, 3.63) is 71.1 Å². The molecule has 0 saturated carbocycles. The summed E-state index contributed by atoms with van der Waals surface area (Å²) in [4.78, 5) is 7.42. The fourth-order valence-electron chi connectivity index (χ4n) is 5.11. The Morgan fingerprint density at radius 3 is 2.18 bits per heavy atom. The summed E-state index contributed by atoms with van der Waals surface area (Å²) in [5.41, 5.74) is 4.83. The SMILES string of the molecule is C1=c2ccc3[nH]c4c(ccc5c4[nH]c4ccc6ccccc6c45)c3c2=CCC1. The maximum atomic E-state index is 3.71. The molecule has 2 N–H and O–H groups in total. The first kappa shape index (κ1) is 14.5. The van der Waals surface area contributed by atoms with Crippen LogP contribution in [0, 0.1) is 0 Å². The average Bonchev–Trinajstić information content (AvgIpc) is 3.32. The number of hydrogen-bond donors (Lipinski definition) is 2. The fraction of sp³-hybridized carbons (Fsp3) is 0.0769. The van der Waals surface area contributed by atoms with E-state index in [1.54, 1.807) is 0 Å². The minimum atomic E-state index is 1.12.